The molecule has 96 valence electrons. The molecule has 2 aliphatic rings. The van der Waals surface area contributed by atoms with Gasteiger partial charge in [0, 0.05) is 6.54 Å². The van der Waals surface area contributed by atoms with Crippen molar-refractivity contribution >= 4 is 11.6 Å². The summed E-state index contributed by atoms with van der Waals surface area (Å²) in [5.41, 5.74) is 2.15. The second kappa shape index (κ2) is 5.08. The Morgan fingerprint density at radius 2 is 2.22 bits per heavy atom. The topological polar surface area (TPSA) is 41.6 Å². The van der Waals surface area contributed by atoms with Gasteiger partial charge in [0.05, 0.1) is 18.7 Å². The van der Waals surface area contributed by atoms with Crippen molar-refractivity contribution in [3.8, 4) is 0 Å². The van der Waals surface area contributed by atoms with Gasteiger partial charge < -0.3 is 5.32 Å². The molecule has 4 nitrogen and oxygen atoms in total. The maximum Gasteiger partial charge on any atom is 0.253 e. The molecular weight excluding hydrogens is 228 g/mol. The van der Waals surface area contributed by atoms with Gasteiger partial charge in [-0.05, 0) is 36.9 Å². The van der Waals surface area contributed by atoms with E-state index in [1.54, 1.807) is 0 Å². The maximum atomic E-state index is 11.8. The highest BCUT2D eigenvalue weighted by atomic mass is 16.7. The third-order valence-corrected chi connectivity index (χ3v) is 3.66. The van der Waals surface area contributed by atoms with Crippen LogP contribution in [0.1, 0.15) is 30.7 Å². The molecule has 1 amide bonds. The summed E-state index contributed by atoms with van der Waals surface area (Å²) < 4.78 is 0. The van der Waals surface area contributed by atoms with Crippen molar-refractivity contribution in [3.05, 3.63) is 29.8 Å². The predicted octanol–water partition coefficient (Wildman–Crippen LogP) is 1.82. The van der Waals surface area contributed by atoms with Crippen molar-refractivity contribution < 1.29 is 9.63 Å². The molecule has 3 rings (SSSR count). The minimum atomic E-state index is 0.0613. The number of hydroxylamine groups is 1. The third kappa shape index (κ3) is 2.13. The second-order valence-corrected chi connectivity index (χ2v) is 4.87. The molecule has 2 heterocycles. The number of carbonyl (C=O) groups is 1. The molecule has 0 bridgehead atoms. The van der Waals surface area contributed by atoms with Crippen molar-refractivity contribution in [2.75, 3.05) is 24.8 Å². The van der Waals surface area contributed by atoms with Gasteiger partial charge in [-0.1, -0.05) is 18.2 Å². The first-order chi connectivity index (χ1) is 8.86. The summed E-state index contributed by atoms with van der Waals surface area (Å²) in [6.45, 7) is 2.58. The lowest BCUT2D eigenvalue weighted by molar-refractivity contribution is -0.119. The third-order valence-electron chi connectivity index (χ3n) is 3.66. The highest BCUT2D eigenvalue weighted by Gasteiger charge is 2.28. The first-order valence-electron chi connectivity index (χ1n) is 6.62. The number of anilines is 1. The molecular formula is C14H18N2O2. The van der Waals surface area contributed by atoms with Crippen molar-refractivity contribution in [1.29, 1.82) is 0 Å². The van der Waals surface area contributed by atoms with Gasteiger partial charge in [0.2, 0.25) is 0 Å². The van der Waals surface area contributed by atoms with E-state index in [0.717, 1.165) is 18.8 Å². The average molecular weight is 246 g/mol. The van der Waals surface area contributed by atoms with E-state index >= 15 is 0 Å². The van der Waals surface area contributed by atoms with E-state index in [2.05, 4.69) is 11.4 Å². The summed E-state index contributed by atoms with van der Waals surface area (Å²) >= 11 is 0. The van der Waals surface area contributed by atoms with Crippen LogP contribution >= 0.6 is 0 Å². The van der Waals surface area contributed by atoms with Gasteiger partial charge in [0.1, 0.15) is 0 Å². The van der Waals surface area contributed by atoms with Crippen molar-refractivity contribution in [2.45, 2.75) is 25.2 Å². The number of piperidine rings is 1. The van der Waals surface area contributed by atoms with E-state index in [4.69, 9.17) is 4.84 Å². The summed E-state index contributed by atoms with van der Waals surface area (Å²) in [5, 5.41) is 4.89. The Labute approximate surface area is 107 Å². The molecule has 0 aromatic heterocycles. The molecule has 1 N–H and O–H groups in total. The fourth-order valence-corrected chi connectivity index (χ4v) is 2.74. The molecule has 18 heavy (non-hydrogen) atoms. The van der Waals surface area contributed by atoms with Crippen LogP contribution < -0.4 is 10.4 Å². The number of benzene rings is 1. The van der Waals surface area contributed by atoms with Gasteiger partial charge in [-0.3, -0.25) is 9.63 Å². The smallest absolute Gasteiger partial charge is 0.253 e. The maximum absolute atomic E-state index is 11.8. The Morgan fingerprint density at radius 1 is 1.33 bits per heavy atom. The summed E-state index contributed by atoms with van der Waals surface area (Å²) in [4.78, 5) is 17.2. The number of hydrogen-bond donors (Lipinski definition) is 1. The lowest BCUT2D eigenvalue weighted by Gasteiger charge is -2.27. The fraction of sp³-hybridized carbons (Fsp3) is 0.500. The second-order valence-electron chi connectivity index (χ2n) is 4.87. The van der Waals surface area contributed by atoms with E-state index in [-0.39, 0.29) is 5.91 Å². The first-order valence-corrected chi connectivity index (χ1v) is 6.62. The lowest BCUT2D eigenvalue weighted by Crippen LogP contribution is -2.30. The van der Waals surface area contributed by atoms with Crippen molar-refractivity contribution in [1.82, 2.24) is 5.32 Å². The standard InChI is InChI=1S/C14H18N2O2/c17-14-7-9-18-16(14)13-6-2-1-5-12(13)11-4-3-8-15-10-11/h1-2,5-6,11,15H,3-4,7-10H2. The van der Waals surface area contributed by atoms with Gasteiger partial charge in [-0.25, -0.2) is 0 Å². The van der Waals surface area contributed by atoms with Gasteiger partial charge >= 0.3 is 0 Å². The van der Waals surface area contributed by atoms with Gasteiger partial charge in [-0.2, -0.15) is 5.06 Å². The Hall–Kier alpha value is -1.39. The van der Waals surface area contributed by atoms with Crippen LogP contribution in [0.4, 0.5) is 5.69 Å². The number of rotatable bonds is 2. The summed E-state index contributed by atoms with van der Waals surface area (Å²) in [6, 6.07) is 8.09. The number of hydrogen-bond acceptors (Lipinski definition) is 3. The van der Waals surface area contributed by atoms with Crippen LogP contribution in [0.25, 0.3) is 0 Å². The zero-order valence-corrected chi connectivity index (χ0v) is 10.4. The molecule has 0 spiro atoms. The zero-order chi connectivity index (χ0) is 12.4. The molecule has 1 unspecified atom stereocenters. The monoisotopic (exact) mass is 246 g/mol. The van der Waals surface area contributed by atoms with Crippen LogP contribution in [-0.2, 0) is 9.63 Å². The number of carbonyl (C=O) groups excluding carboxylic acids is 1. The highest BCUT2D eigenvalue weighted by molar-refractivity contribution is 5.93. The molecule has 0 radical (unpaired) electrons. The quantitative estimate of drug-likeness (QED) is 0.865. The highest BCUT2D eigenvalue weighted by Crippen LogP contribution is 2.33. The predicted molar refractivity (Wildman–Crippen MR) is 69.3 cm³/mol. The number of nitrogens with zero attached hydrogens (tertiary/aromatic N) is 1. The SMILES string of the molecule is O=C1CCON1c1ccccc1C1CCCNC1. The van der Waals surface area contributed by atoms with E-state index in [1.807, 2.05) is 18.2 Å². The normalized spacial score (nSPS) is 24.6. The van der Waals surface area contributed by atoms with Crippen LogP contribution in [0.2, 0.25) is 0 Å². The van der Waals surface area contributed by atoms with Crippen LogP contribution in [0.3, 0.4) is 0 Å². The Kier molecular flexibility index (Phi) is 3.30. The molecule has 1 aromatic carbocycles. The zero-order valence-electron chi connectivity index (χ0n) is 10.4. The Morgan fingerprint density at radius 3 is 2.94 bits per heavy atom. The fourth-order valence-electron chi connectivity index (χ4n) is 2.74. The van der Waals surface area contributed by atoms with Crippen molar-refractivity contribution in [3.63, 3.8) is 0 Å². The summed E-state index contributed by atoms with van der Waals surface area (Å²) in [7, 11) is 0. The molecule has 2 fully saturated rings. The van der Waals surface area contributed by atoms with Crippen LogP contribution in [-0.4, -0.2) is 25.6 Å². The van der Waals surface area contributed by atoms with E-state index in [0.29, 0.717) is 18.9 Å². The first kappa shape index (κ1) is 11.7. The largest absolute Gasteiger partial charge is 0.316 e. The number of amides is 1. The summed E-state index contributed by atoms with van der Waals surface area (Å²) in [5.74, 6) is 0.540. The van der Waals surface area contributed by atoms with Crippen LogP contribution in [0, 0.1) is 0 Å². The molecule has 4 heteroatoms. The van der Waals surface area contributed by atoms with E-state index < -0.39 is 0 Å². The molecule has 2 aliphatic heterocycles. The van der Waals surface area contributed by atoms with Gasteiger partial charge in [0.15, 0.2) is 0 Å². The number of para-hydroxylation sites is 1. The van der Waals surface area contributed by atoms with Gasteiger partial charge in [0.25, 0.3) is 5.91 Å². The number of nitrogens with one attached hydrogen (secondary N) is 1. The minimum absolute atomic E-state index is 0.0613. The van der Waals surface area contributed by atoms with Crippen molar-refractivity contribution in [2.24, 2.45) is 0 Å². The summed E-state index contributed by atoms with van der Waals surface area (Å²) in [6.07, 6.45) is 2.84. The molecule has 2 saturated heterocycles. The lowest BCUT2D eigenvalue weighted by atomic mass is 9.90. The Bertz CT molecular complexity index is 441. The molecule has 1 atom stereocenters. The molecule has 1 aromatic rings. The van der Waals surface area contributed by atoms with E-state index in [1.165, 1.54) is 23.5 Å². The average Bonchev–Trinajstić information content (AvgIpc) is 2.86. The van der Waals surface area contributed by atoms with Gasteiger partial charge in [-0.15, -0.1) is 0 Å². The van der Waals surface area contributed by atoms with Crippen LogP contribution in [0.15, 0.2) is 24.3 Å². The molecule has 0 saturated carbocycles. The Balaban J connectivity index is 1.91. The minimum Gasteiger partial charge on any atom is -0.316 e. The molecule has 0 aliphatic carbocycles. The van der Waals surface area contributed by atoms with E-state index in [9.17, 15) is 4.79 Å². The van der Waals surface area contributed by atoms with Crippen LogP contribution in [0.5, 0.6) is 0 Å².